The van der Waals surface area contributed by atoms with Gasteiger partial charge in [0.25, 0.3) is 0 Å². The lowest BCUT2D eigenvalue weighted by atomic mass is 10.0. The van der Waals surface area contributed by atoms with Gasteiger partial charge in [0.1, 0.15) is 0 Å². The van der Waals surface area contributed by atoms with Crippen molar-refractivity contribution >= 4 is 11.9 Å². The second-order valence-corrected chi connectivity index (χ2v) is 5.83. The molecule has 5 nitrogen and oxygen atoms in total. The third-order valence-electron chi connectivity index (χ3n) is 3.88. The Morgan fingerprint density at radius 2 is 1.58 bits per heavy atom. The first kappa shape index (κ1) is 19.4. The van der Waals surface area contributed by atoms with E-state index in [1.54, 1.807) is 0 Å². The molecule has 1 unspecified atom stereocenters. The summed E-state index contributed by atoms with van der Waals surface area (Å²) in [4.78, 5) is 21.7. The van der Waals surface area contributed by atoms with Gasteiger partial charge < -0.3 is 14.9 Å². The second-order valence-electron chi connectivity index (χ2n) is 5.83. The number of aryl methyl sites for hydroxylation is 1. The molecule has 2 aromatic rings. The number of carboxylic acids is 2. The van der Waals surface area contributed by atoms with Crippen LogP contribution in [0.15, 0.2) is 66.7 Å². The van der Waals surface area contributed by atoms with Gasteiger partial charge in [-0.2, -0.15) is 0 Å². The second kappa shape index (κ2) is 10.2. The van der Waals surface area contributed by atoms with Crippen LogP contribution >= 0.6 is 0 Å². The summed E-state index contributed by atoms with van der Waals surface area (Å²) < 4.78 is 5.32. The molecule has 2 aromatic carbocycles. The molecule has 136 valence electrons. The summed E-state index contributed by atoms with van der Waals surface area (Å²) in [6, 6.07) is 18.1. The Kier molecular flexibility index (Phi) is 7.58. The number of ether oxygens (including phenoxy) is 1. The molecule has 0 saturated carbocycles. The quantitative estimate of drug-likeness (QED) is 0.634. The first-order valence-electron chi connectivity index (χ1n) is 8.42. The van der Waals surface area contributed by atoms with Gasteiger partial charge in [-0.3, -0.25) is 4.79 Å². The van der Waals surface area contributed by atoms with Crippen LogP contribution < -0.4 is 0 Å². The summed E-state index contributed by atoms with van der Waals surface area (Å²) in [6.45, 7) is 0.0805. The molecule has 26 heavy (non-hydrogen) atoms. The van der Waals surface area contributed by atoms with Gasteiger partial charge >= 0.3 is 11.9 Å². The van der Waals surface area contributed by atoms with E-state index in [1.165, 1.54) is 12.2 Å². The average Bonchev–Trinajstić information content (AvgIpc) is 2.64. The number of carboxylic acid groups (broad SMARTS) is 2. The Hall–Kier alpha value is -2.92. The Morgan fingerprint density at radius 1 is 0.923 bits per heavy atom. The zero-order chi connectivity index (χ0) is 18.8. The summed E-state index contributed by atoms with van der Waals surface area (Å²) >= 11 is 0. The normalized spacial score (nSPS) is 12.2. The number of hydrogen-bond donors (Lipinski definition) is 2. The Balaban J connectivity index is 1.85. The van der Waals surface area contributed by atoms with E-state index in [4.69, 9.17) is 9.84 Å². The fourth-order valence-corrected chi connectivity index (χ4v) is 2.49. The number of rotatable bonds is 10. The maximum absolute atomic E-state index is 11.3. The highest BCUT2D eigenvalue weighted by molar-refractivity contribution is 5.72. The minimum absolute atomic E-state index is 0.0805. The van der Waals surface area contributed by atoms with Gasteiger partial charge in [-0.25, -0.2) is 4.79 Å². The molecule has 5 heteroatoms. The van der Waals surface area contributed by atoms with E-state index < -0.39 is 18.0 Å². The van der Waals surface area contributed by atoms with Gasteiger partial charge in [-0.15, -0.1) is 0 Å². The summed E-state index contributed by atoms with van der Waals surface area (Å²) in [5, 5.41) is 17.8. The van der Waals surface area contributed by atoms with Gasteiger partial charge in [-0.05, 0) is 29.5 Å². The minimum atomic E-state index is -1.02. The van der Waals surface area contributed by atoms with Crippen LogP contribution in [0.5, 0.6) is 0 Å². The lowest BCUT2D eigenvalue weighted by molar-refractivity contribution is -0.150. The van der Waals surface area contributed by atoms with Crippen LogP contribution in [0, 0.1) is 0 Å². The molecule has 0 fully saturated rings. The van der Waals surface area contributed by atoms with Crippen molar-refractivity contribution in [2.24, 2.45) is 0 Å². The van der Waals surface area contributed by atoms with Crippen molar-refractivity contribution in [1.29, 1.82) is 0 Å². The van der Waals surface area contributed by atoms with Gasteiger partial charge in [0.05, 0.1) is 13.0 Å². The van der Waals surface area contributed by atoms with Crippen molar-refractivity contribution in [1.82, 2.24) is 0 Å². The van der Waals surface area contributed by atoms with E-state index >= 15 is 0 Å². The van der Waals surface area contributed by atoms with Gasteiger partial charge in [0.2, 0.25) is 0 Å². The monoisotopic (exact) mass is 354 g/mol. The van der Waals surface area contributed by atoms with Crippen LogP contribution in [0.4, 0.5) is 0 Å². The van der Waals surface area contributed by atoms with Crippen molar-refractivity contribution in [3.63, 3.8) is 0 Å². The molecule has 0 aliphatic carbocycles. The van der Waals surface area contributed by atoms with Crippen molar-refractivity contribution in [3.8, 4) is 11.1 Å². The molecule has 0 aliphatic rings. The molecule has 2 N–H and O–H groups in total. The fourth-order valence-electron chi connectivity index (χ4n) is 2.49. The number of carbonyl (C=O) groups is 2. The maximum atomic E-state index is 11.3. The fraction of sp³-hybridized carbons (Fsp3) is 0.238. The molecule has 0 bridgehead atoms. The van der Waals surface area contributed by atoms with Crippen molar-refractivity contribution in [2.45, 2.75) is 25.4 Å². The molecule has 2 rings (SSSR count). The number of aliphatic carboxylic acids is 2. The zero-order valence-corrected chi connectivity index (χ0v) is 14.4. The lowest BCUT2D eigenvalue weighted by Gasteiger charge is -2.12. The third-order valence-corrected chi connectivity index (χ3v) is 3.88. The van der Waals surface area contributed by atoms with Crippen LogP contribution in [0.1, 0.15) is 18.4 Å². The van der Waals surface area contributed by atoms with E-state index in [-0.39, 0.29) is 13.0 Å². The topological polar surface area (TPSA) is 83.8 Å². The Morgan fingerprint density at radius 3 is 2.19 bits per heavy atom. The summed E-state index contributed by atoms with van der Waals surface area (Å²) in [5.41, 5.74) is 3.30. The minimum Gasteiger partial charge on any atom is -0.481 e. The molecule has 0 amide bonds. The van der Waals surface area contributed by atoms with Gasteiger partial charge in [-0.1, -0.05) is 66.7 Å². The van der Waals surface area contributed by atoms with Crippen LogP contribution in [0.2, 0.25) is 0 Å². The highest BCUT2D eigenvalue weighted by atomic mass is 16.5. The summed E-state index contributed by atoms with van der Waals surface area (Å²) in [6.07, 6.45) is 2.90. The molecule has 1 atom stereocenters. The molecule has 0 aromatic heterocycles. The zero-order valence-electron chi connectivity index (χ0n) is 14.4. The molecule has 0 radical (unpaired) electrons. The maximum Gasteiger partial charge on any atom is 0.332 e. The lowest BCUT2D eigenvalue weighted by Crippen LogP contribution is -2.24. The van der Waals surface area contributed by atoms with E-state index in [2.05, 4.69) is 0 Å². The highest BCUT2D eigenvalue weighted by Gasteiger charge is 2.17. The van der Waals surface area contributed by atoms with E-state index in [1.807, 2.05) is 54.6 Å². The smallest absolute Gasteiger partial charge is 0.332 e. The van der Waals surface area contributed by atoms with Crippen LogP contribution in [-0.2, 0) is 20.7 Å². The number of benzene rings is 2. The Bertz CT molecular complexity index is 735. The van der Waals surface area contributed by atoms with Gasteiger partial charge in [0, 0.05) is 0 Å². The predicted molar refractivity (Wildman–Crippen MR) is 99.0 cm³/mol. The van der Waals surface area contributed by atoms with Crippen LogP contribution in [0.3, 0.4) is 0 Å². The summed E-state index contributed by atoms with van der Waals surface area (Å²) in [7, 11) is 0. The van der Waals surface area contributed by atoms with E-state index in [9.17, 15) is 14.7 Å². The highest BCUT2D eigenvalue weighted by Crippen LogP contribution is 2.20. The van der Waals surface area contributed by atoms with E-state index in [0.29, 0.717) is 12.8 Å². The molecular formula is C21H22O5. The SMILES string of the molecule is O=C(O)C/C=C/COC(CCc1ccc(-c2ccccc2)cc1)C(=O)O. The molecule has 0 spiro atoms. The van der Waals surface area contributed by atoms with Crippen molar-refractivity contribution in [2.75, 3.05) is 6.61 Å². The first-order valence-corrected chi connectivity index (χ1v) is 8.42. The largest absolute Gasteiger partial charge is 0.481 e. The molecule has 0 heterocycles. The first-order chi connectivity index (χ1) is 12.6. The molecule has 0 saturated heterocycles. The van der Waals surface area contributed by atoms with Crippen molar-refractivity contribution in [3.05, 3.63) is 72.3 Å². The van der Waals surface area contributed by atoms with Crippen LogP contribution in [-0.4, -0.2) is 34.9 Å². The average molecular weight is 354 g/mol. The van der Waals surface area contributed by atoms with Crippen LogP contribution in [0.25, 0.3) is 11.1 Å². The van der Waals surface area contributed by atoms with E-state index in [0.717, 1.165) is 16.7 Å². The number of hydrogen-bond acceptors (Lipinski definition) is 3. The van der Waals surface area contributed by atoms with Gasteiger partial charge in [0.15, 0.2) is 6.10 Å². The Labute approximate surface area is 152 Å². The standard InChI is InChI=1S/C21H22O5/c22-20(23)8-4-5-15-26-19(21(24)25)14-11-16-9-12-18(13-10-16)17-6-2-1-3-7-17/h1-7,9-10,12-13,19H,8,11,14-15H2,(H,22,23)(H,24,25)/b5-4+. The van der Waals surface area contributed by atoms with Crippen molar-refractivity contribution < 1.29 is 24.5 Å². The predicted octanol–water partition coefficient (Wildman–Crippen LogP) is 3.79. The molecule has 0 aliphatic heterocycles. The summed E-state index contributed by atoms with van der Waals surface area (Å²) in [5.74, 6) is -1.95. The molecular weight excluding hydrogens is 332 g/mol. The third kappa shape index (κ3) is 6.53.